The van der Waals surface area contributed by atoms with Gasteiger partial charge in [-0.1, -0.05) is 50.1 Å². The van der Waals surface area contributed by atoms with Crippen molar-refractivity contribution in [1.29, 1.82) is 0 Å². The number of thiophene rings is 1. The van der Waals surface area contributed by atoms with Crippen LogP contribution in [0.4, 0.5) is 4.79 Å². The second kappa shape index (κ2) is 9.01. The van der Waals surface area contributed by atoms with E-state index in [0.717, 1.165) is 35.3 Å². The zero-order valence-corrected chi connectivity index (χ0v) is 18.5. The predicted molar refractivity (Wildman–Crippen MR) is 122 cm³/mol. The maximum Gasteiger partial charge on any atom is 0.321 e. The highest BCUT2D eigenvalue weighted by Gasteiger charge is 2.23. The number of nitrogens with zero attached hydrogens (tertiary/aromatic N) is 2. The molecule has 2 aromatic heterocycles. The fourth-order valence-corrected chi connectivity index (χ4v) is 5.34. The maximum atomic E-state index is 13.0. The third-order valence-corrected chi connectivity index (χ3v) is 7.20. The summed E-state index contributed by atoms with van der Waals surface area (Å²) in [7, 11) is 0. The molecule has 2 N–H and O–H groups in total. The largest absolute Gasteiger partial charge is 0.335 e. The van der Waals surface area contributed by atoms with Crippen LogP contribution in [0.1, 0.15) is 38.2 Å². The lowest BCUT2D eigenvalue weighted by atomic mass is 9.86. The van der Waals surface area contributed by atoms with Crippen molar-refractivity contribution in [1.82, 2.24) is 20.2 Å². The molecule has 4 rings (SSSR count). The molecular weight excluding hydrogens is 412 g/mol. The Morgan fingerprint density at radius 3 is 2.68 bits per heavy atom. The van der Waals surface area contributed by atoms with Crippen LogP contribution in [0.3, 0.4) is 0 Å². The van der Waals surface area contributed by atoms with E-state index in [9.17, 15) is 14.4 Å². The monoisotopic (exact) mass is 438 g/mol. The van der Waals surface area contributed by atoms with Gasteiger partial charge in [0.05, 0.1) is 11.7 Å². The topological polar surface area (TPSA) is 93.1 Å². The number of aryl methyl sites for hydroxylation is 1. The molecular formula is C23H26N4O3S. The van der Waals surface area contributed by atoms with Crippen molar-refractivity contribution in [2.75, 3.05) is 0 Å². The van der Waals surface area contributed by atoms with Crippen LogP contribution < -0.4 is 16.2 Å². The van der Waals surface area contributed by atoms with Crippen LogP contribution >= 0.6 is 11.3 Å². The summed E-state index contributed by atoms with van der Waals surface area (Å²) in [6, 6.07) is 9.41. The van der Waals surface area contributed by atoms with Gasteiger partial charge in [0.15, 0.2) is 0 Å². The first-order chi connectivity index (χ1) is 14.9. The number of nitrogens with one attached hydrogen (secondary N) is 2. The van der Waals surface area contributed by atoms with Gasteiger partial charge in [0.2, 0.25) is 5.91 Å². The van der Waals surface area contributed by atoms with Crippen molar-refractivity contribution in [3.8, 4) is 10.4 Å². The van der Waals surface area contributed by atoms with Crippen LogP contribution in [0.2, 0.25) is 0 Å². The zero-order chi connectivity index (χ0) is 22.0. The summed E-state index contributed by atoms with van der Waals surface area (Å²) in [6.07, 6.45) is 5.62. The summed E-state index contributed by atoms with van der Waals surface area (Å²) in [5, 5.41) is 5.74. The van der Waals surface area contributed by atoms with E-state index in [2.05, 4.69) is 22.5 Å². The number of rotatable bonds is 4. The summed E-state index contributed by atoms with van der Waals surface area (Å²) in [5.41, 5.74) is 1.60. The van der Waals surface area contributed by atoms with Crippen molar-refractivity contribution < 1.29 is 9.59 Å². The van der Waals surface area contributed by atoms with Crippen LogP contribution in [-0.4, -0.2) is 27.5 Å². The summed E-state index contributed by atoms with van der Waals surface area (Å²) in [4.78, 5) is 43.7. The van der Waals surface area contributed by atoms with Crippen LogP contribution in [0.5, 0.6) is 0 Å². The maximum absolute atomic E-state index is 13.0. The number of carbonyl (C=O) groups excluding carboxylic acids is 2. The number of aromatic nitrogens is 2. The molecule has 1 fully saturated rings. The van der Waals surface area contributed by atoms with Crippen LogP contribution in [0.25, 0.3) is 20.7 Å². The minimum Gasteiger partial charge on any atom is -0.335 e. The molecule has 1 saturated carbocycles. The SMILES string of the molecule is Cc1c(-c2ccccc2)sc2ncn(CC(=O)NC(=O)NC3CCCCC3C)c(=O)c12. The van der Waals surface area contributed by atoms with Gasteiger partial charge in [0.1, 0.15) is 11.4 Å². The van der Waals surface area contributed by atoms with Crippen LogP contribution in [0.15, 0.2) is 41.5 Å². The Morgan fingerprint density at radius 2 is 1.94 bits per heavy atom. The van der Waals surface area contributed by atoms with E-state index in [-0.39, 0.29) is 18.1 Å². The lowest BCUT2D eigenvalue weighted by Crippen LogP contribution is -2.48. The first kappa shape index (κ1) is 21.2. The lowest BCUT2D eigenvalue weighted by molar-refractivity contribution is -0.120. The Balaban J connectivity index is 1.49. The third kappa shape index (κ3) is 4.54. The van der Waals surface area contributed by atoms with Gasteiger partial charge in [-0.3, -0.25) is 19.5 Å². The molecule has 1 aliphatic rings. The highest BCUT2D eigenvalue weighted by atomic mass is 32.1. The van der Waals surface area contributed by atoms with Crippen LogP contribution in [-0.2, 0) is 11.3 Å². The number of benzene rings is 1. The van der Waals surface area contributed by atoms with Crippen molar-refractivity contribution in [3.05, 3.63) is 52.6 Å². The molecule has 162 valence electrons. The molecule has 0 aliphatic heterocycles. The number of urea groups is 1. The number of amides is 3. The summed E-state index contributed by atoms with van der Waals surface area (Å²) < 4.78 is 1.25. The standard InChI is InChI=1S/C23H26N4O3S/c1-14-8-6-7-11-17(14)25-23(30)26-18(28)12-27-13-24-21-19(22(27)29)15(2)20(31-21)16-9-4-3-5-10-16/h3-5,9-10,13-14,17H,6-8,11-12H2,1-2H3,(H2,25,26,28,30). The average Bonchev–Trinajstić information content (AvgIpc) is 3.09. The Labute approximate surface area is 184 Å². The fraction of sp³-hybridized carbons (Fsp3) is 0.391. The molecule has 0 saturated heterocycles. The Morgan fingerprint density at radius 1 is 1.19 bits per heavy atom. The molecule has 0 spiro atoms. The van der Waals surface area contributed by atoms with E-state index < -0.39 is 11.9 Å². The van der Waals surface area contributed by atoms with Gasteiger partial charge in [-0.05, 0) is 36.8 Å². The molecule has 7 nitrogen and oxygen atoms in total. The molecule has 0 radical (unpaired) electrons. The van der Waals surface area contributed by atoms with Gasteiger partial charge in [-0.2, -0.15) is 0 Å². The lowest BCUT2D eigenvalue weighted by Gasteiger charge is -2.29. The van der Waals surface area contributed by atoms with Crippen LogP contribution in [0, 0.1) is 12.8 Å². The van der Waals surface area contributed by atoms with E-state index in [4.69, 9.17) is 0 Å². The predicted octanol–water partition coefficient (Wildman–Crippen LogP) is 3.84. The van der Waals surface area contributed by atoms with Crippen molar-refractivity contribution >= 4 is 33.5 Å². The second-order valence-corrected chi connectivity index (χ2v) is 9.17. The Hall–Kier alpha value is -3.00. The van der Waals surface area contributed by atoms with Gasteiger partial charge in [0.25, 0.3) is 5.56 Å². The van der Waals surface area contributed by atoms with E-state index in [1.54, 1.807) is 0 Å². The first-order valence-electron chi connectivity index (χ1n) is 10.6. The quantitative estimate of drug-likeness (QED) is 0.647. The van der Waals surface area contributed by atoms with Gasteiger partial charge in [0, 0.05) is 10.9 Å². The number of hydrogen-bond donors (Lipinski definition) is 2. The molecule has 0 bridgehead atoms. The number of imide groups is 1. The smallest absolute Gasteiger partial charge is 0.321 e. The molecule has 1 aliphatic carbocycles. The van der Waals surface area contributed by atoms with E-state index in [1.165, 1.54) is 28.7 Å². The minimum absolute atomic E-state index is 0.0761. The molecule has 3 amide bonds. The number of carbonyl (C=O) groups is 2. The second-order valence-electron chi connectivity index (χ2n) is 8.17. The minimum atomic E-state index is -0.541. The van der Waals surface area contributed by atoms with Crippen molar-refractivity contribution in [2.24, 2.45) is 5.92 Å². The van der Waals surface area contributed by atoms with E-state index in [1.807, 2.05) is 37.3 Å². The third-order valence-electron chi connectivity index (χ3n) is 5.95. The van der Waals surface area contributed by atoms with Crippen molar-refractivity contribution in [3.63, 3.8) is 0 Å². The summed E-state index contributed by atoms with van der Waals surface area (Å²) >= 11 is 1.46. The Kier molecular flexibility index (Phi) is 6.18. The fourth-order valence-electron chi connectivity index (χ4n) is 4.19. The molecule has 3 aromatic rings. The van der Waals surface area contributed by atoms with Gasteiger partial charge in [-0.15, -0.1) is 11.3 Å². The van der Waals surface area contributed by atoms with Gasteiger partial charge < -0.3 is 5.32 Å². The molecule has 1 aromatic carbocycles. The first-order valence-corrected chi connectivity index (χ1v) is 11.4. The molecule has 8 heteroatoms. The normalized spacial score (nSPS) is 18.6. The molecule has 2 unspecified atom stereocenters. The van der Waals surface area contributed by atoms with E-state index >= 15 is 0 Å². The van der Waals surface area contributed by atoms with Gasteiger partial charge >= 0.3 is 6.03 Å². The van der Waals surface area contributed by atoms with Gasteiger partial charge in [-0.25, -0.2) is 9.78 Å². The number of fused-ring (bicyclic) bond motifs is 1. The van der Waals surface area contributed by atoms with Crippen molar-refractivity contribution in [2.45, 2.75) is 52.1 Å². The molecule has 2 atom stereocenters. The zero-order valence-electron chi connectivity index (χ0n) is 17.7. The summed E-state index contributed by atoms with van der Waals surface area (Å²) in [6.45, 7) is 3.75. The Bertz CT molecular complexity index is 1170. The molecule has 2 heterocycles. The molecule has 31 heavy (non-hydrogen) atoms. The summed E-state index contributed by atoms with van der Waals surface area (Å²) in [5.74, 6) is -0.149. The number of hydrogen-bond acceptors (Lipinski definition) is 5. The average molecular weight is 439 g/mol. The highest BCUT2D eigenvalue weighted by molar-refractivity contribution is 7.22. The highest BCUT2D eigenvalue weighted by Crippen LogP contribution is 2.35. The van der Waals surface area contributed by atoms with E-state index in [0.29, 0.717) is 16.1 Å².